The molecule has 2 aromatic carbocycles. The van der Waals surface area contributed by atoms with E-state index in [0.29, 0.717) is 5.82 Å². The zero-order valence-corrected chi connectivity index (χ0v) is 17.4. The SMILES string of the molecule is CCn1c(Sc2nc(-c3ccccc3)nc3ccccc23)nnc1-c1ccoc1C. The Labute approximate surface area is 178 Å². The number of rotatable bonds is 5. The molecule has 0 atom stereocenters. The summed E-state index contributed by atoms with van der Waals surface area (Å²) in [6, 6.07) is 20.0. The molecule has 0 radical (unpaired) electrons. The predicted octanol–water partition coefficient (Wildman–Crippen LogP) is 5.63. The number of fused-ring (bicyclic) bond motifs is 1. The van der Waals surface area contributed by atoms with Gasteiger partial charge >= 0.3 is 0 Å². The molecule has 0 aliphatic rings. The highest BCUT2D eigenvalue weighted by Crippen LogP contribution is 2.34. The first-order valence-corrected chi connectivity index (χ1v) is 10.5. The van der Waals surface area contributed by atoms with Crippen LogP contribution in [0.15, 0.2) is 81.5 Å². The number of hydrogen-bond acceptors (Lipinski definition) is 6. The summed E-state index contributed by atoms with van der Waals surface area (Å²) in [4.78, 5) is 9.65. The van der Waals surface area contributed by atoms with Crippen LogP contribution in [0.25, 0.3) is 33.7 Å². The van der Waals surface area contributed by atoms with Crippen LogP contribution in [0, 0.1) is 6.92 Å². The number of para-hydroxylation sites is 1. The summed E-state index contributed by atoms with van der Waals surface area (Å²) in [5.74, 6) is 2.32. The van der Waals surface area contributed by atoms with E-state index in [-0.39, 0.29) is 0 Å². The minimum absolute atomic E-state index is 0.699. The number of benzene rings is 2. The molecule has 0 aliphatic heterocycles. The Hall–Kier alpha value is -3.45. The molecule has 0 N–H and O–H groups in total. The third-order valence-corrected chi connectivity index (χ3v) is 5.91. The van der Waals surface area contributed by atoms with Gasteiger partial charge in [0.2, 0.25) is 0 Å². The van der Waals surface area contributed by atoms with Gasteiger partial charge in [0.1, 0.15) is 10.8 Å². The molecule has 0 bridgehead atoms. The number of furan rings is 1. The normalized spacial score (nSPS) is 11.3. The van der Waals surface area contributed by atoms with Crippen molar-refractivity contribution in [1.29, 1.82) is 0 Å². The lowest BCUT2D eigenvalue weighted by Crippen LogP contribution is -2.01. The van der Waals surface area contributed by atoms with Crippen molar-refractivity contribution < 1.29 is 4.42 Å². The van der Waals surface area contributed by atoms with Crippen molar-refractivity contribution in [3.63, 3.8) is 0 Å². The Morgan fingerprint density at radius 1 is 0.933 bits per heavy atom. The molecule has 7 heteroatoms. The average molecular weight is 414 g/mol. The summed E-state index contributed by atoms with van der Waals surface area (Å²) in [6.07, 6.45) is 1.68. The number of aromatic nitrogens is 5. The van der Waals surface area contributed by atoms with Gasteiger partial charge in [0.25, 0.3) is 0 Å². The van der Waals surface area contributed by atoms with Gasteiger partial charge in [0.15, 0.2) is 16.8 Å². The third-order valence-electron chi connectivity index (χ3n) is 4.92. The van der Waals surface area contributed by atoms with Crippen molar-refractivity contribution in [3.05, 3.63) is 72.7 Å². The molecule has 3 heterocycles. The van der Waals surface area contributed by atoms with E-state index in [0.717, 1.165) is 50.3 Å². The van der Waals surface area contributed by atoms with Crippen molar-refractivity contribution in [2.75, 3.05) is 0 Å². The van der Waals surface area contributed by atoms with Gasteiger partial charge in [0, 0.05) is 17.5 Å². The molecule has 3 aromatic heterocycles. The summed E-state index contributed by atoms with van der Waals surface area (Å²) in [6.45, 7) is 4.75. The maximum atomic E-state index is 5.46. The highest BCUT2D eigenvalue weighted by molar-refractivity contribution is 7.99. The van der Waals surface area contributed by atoms with Crippen molar-refractivity contribution in [1.82, 2.24) is 24.7 Å². The fourth-order valence-electron chi connectivity index (χ4n) is 3.39. The van der Waals surface area contributed by atoms with Crippen LogP contribution in [0.4, 0.5) is 0 Å². The molecule has 0 amide bonds. The Morgan fingerprint density at radius 2 is 1.73 bits per heavy atom. The highest BCUT2D eigenvalue weighted by Gasteiger charge is 2.19. The van der Waals surface area contributed by atoms with E-state index in [1.54, 1.807) is 6.26 Å². The van der Waals surface area contributed by atoms with Crippen LogP contribution in [-0.4, -0.2) is 24.7 Å². The lowest BCUT2D eigenvalue weighted by molar-refractivity contribution is 0.534. The first-order chi connectivity index (χ1) is 14.7. The molecule has 0 spiro atoms. The number of nitrogens with zero attached hydrogens (tertiary/aromatic N) is 5. The van der Waals surface area contributed by atoms with Crippen LogP contribution in [0.2, 0.25) is 0 Å². The average Bonchev–Trinajstić information content (AvgIpc) is 3.39. The molecule has 6 nitrogen and oxygen atoms in total. The van der Waals surface area contributed by atoms with E-state index < -0.39 is 0 Å². The standard InChI is InChI=1S/C23H19N5OS/c1-3-28-21(17-13-14-29-15(17)2)26-27-23(28)30-22-18-11-7-8-12-19(18)24-20(25-22)16-9-5-4-6-10-16/h4-14H,3H2,1-2H3. The smallest absolute Gasteiger partial charge is 0.197 e. The van der Waals surface area contributed by atoms with Gasteiger partial charge in [-0.3, -0.25) is 0 Å². The second-order valence-electron chi connectivity index (χ2n) is 6.78. The largest absolute Gasteiger partial charge is 0.469 e. The Kier molecular flexibility index (Phi) is 4.80. The maximum Gasteiger partial charge on any atom is 0.197 e. The summed E-state index contributed by atoms with van der Waals surface area (Å²) in [5, 5.41) is 11.5. The molecule has 0 fully saturated rings. The van der Waals surface area contributed by atoms with Gasteiger partial charge in [-0.2, -0.15) is 0 Å². The molecule has 0 saturated carbocycles. The van der Waals surface area contributed by atoms with Crippen molar-refractivity contribution in [2.45, 2.75) is 30.6 Å². The summed E-state index contributed by atoms with van der Waals surface area (Å²) in [7, 11) is 0. The fraction of sp³-hybridized carbons (Fsp3) is 0.130. The van der Waals surface area contributed by atoms with Crippen LogP contribution < -0.4 is 0 Å². The molecule has 148 valence electrons. The summed E-state index contributed by atoms with van der Waals surface area (Å²) < 4.78 is 7.54. The van der Waals surface area contributed by atoms with Crippen LogP contribution in [-0.2, 0) is 6.54 Å². The van der Waals surface area contributed by atoms with Gasteiger partial charge in [-0.1, -0.05) is 48.5 Å². The molecule has 0 aliphatic carbocycles. The van der Waals surface area contributed by atoms with E-state index in [2.05, 4.69) is 21.7 Å². The Bertz CT molecular complexity index is 1330. The van der Waals surface area contributed by atoms with Gasteiger partial charge in [-0.05, 0) is 37.7 Å². The zero-order valence-electron chi connectivity index (χ0n) is 16.6. The van der Waals surface area contributed by atoms with E-state index in [9.17, 15) is 0 Å². The monoisotopic (exact) mass is 413 g/mol. The van der Waals surface area contributed by atoms with E-state index in [1.807, 2.05) is 67.6 Å². The van der Waals surface area contributed by atoms with Gasteiger partial charge < -0.3 is 8.98 Å². The lowest BCUT2D eigenvalue weighted by Gasteiger charge is -2.10. The minimum Gasteiger partial charge on any atom is -0.469 e. The zero-order chi connectivity index (χ0) is 20.5. The Balaban J connectivity index is 1.62. The summed E-state index contributed by atoms with van der Waals surface area (Å²) in [5.41, 5.74) is 2.84. The number of aryl methyl sites for hydroxylation is 1. The second-order valence-corrected chi connectivity index (χ2v) is 7.73. The van der Waals surface area contributed by atoms with Gasteiger partial charge in [-0.25, -0.2) is 9.97 Å². The maximum absolute atomic E-state index is 5.46. The minimum atomic E-state index is 0.699. The van der Waals surface area contributed by atoms with Crippen LogP contribution in [0.5, 0.6) is 0 Å². The summed E-state index contributed by atoms with van der Waals surface area (Å²) >= 11 is 1.51. The van der Waals surface area contributed by atoms with Crippen molar-refractivity contribution in [2.24, 2.45) is 0 Å². The molecule has 5 aromatic rings. The molecule has 0 saturated heterocycles. The lowest BCUT2D eigenvalue weighted by atomic mass is 10.2. The topological polar surface area (TPSA) is 69.6 Å². The predicted molar refractivity (Wildman–Crippen MR) is 117 cm³/mol. The van der Waals surface area contributed by atoms with Crippen LogP contribution in [0.3, 0.4) is 0 Å². The third kappa shape index (κ3) is 3.27. The first kappa shape index (κ1) is 18.6. The molecule has 5 rings (SSSR count). The first-order valence-electron chi connectivity index (χ1n) is 9.72. The van der Waals surface area contributed by atoms with Crippen LogP contribution in [0.1, 0.15) is 12.7 Å². The van der Waals surface area contributed by atoms with E-state index in [1.165, 1.54) is 11.8 Å². The van der Waals surface area contributed by atoms with Crippen LogP contribution >= 0.6 is 11.8 Å². The van der Waals surface area contributed by atoms with Crippen molar-refractivity contribution in [3.8, 4) is 22.8 Å². The highest BCUT2D eigenvalue weighted by atomic mass is 32.2. The van der Waals surface area contributed by atoms with E-state index in [4.69, 9.17) is 14.4 Å². The van der Waals surface area contributed by atoms with Gasteiger partial charge in [-0.15, -0.1) is 10.2 Å². The quantitative estimate of drug-likeness (QED) is 0.348. The van der Waals surface area contributed by atoms with E-state index >= 15 is 0 Å². The molecular formula is C23H19N5OS. The molecular weight excluding hydrogens is 394 g/mol. The molecule has 30 heavy (non-hydrogen) atoms. The number of hydrogen-bond donors (Lipinski definition) is 0. The Morgan fingerprint density at radius 3 is 2.50 bits per heavy atom. The fourth-order valence-corrected chi connectivity index (χ4v) is 4.39. The van der Waals surface area contributed by atoms with Crippen molar-refractivity contribution >= 4 is 22.7 Å². The molecule has 0 unspecified atom stereocenters. The van der Waals surface area contributed by atoms with Gasteiger partial charge in [0.05, 0.1) is 17.3 Å². The second kappa shape index (κ2) is 7.76.